The molecule has 0 aromatic heterocycles. The second-order valence-electron chi connectivity index (χ2n) is 7.94. The number of methoxy groups -OCH3 is 1. The summed E-state index contributed by atoms with van der Waals surface area (Å²) in [5.74, 6) is 0.458. The van der Waals surface area contributed by atoms with E-state index in [1.54, 1.807) is 13.3 Å². The third kappa shape index (κ3) is 6.62. The minimum absolute atomic E-state index is 0.218. The van der Waals surface area contributed by atoms with Gasteiger partial charge in [0.25, 0.3) is 5.91 Å². The van der Waals surface area contributed by atoms with Gasteiger partial charge in [0.05, 0.1) is 23.7 Å². The average Bonchev–Trinajstić information content (AvgIpc) is 2.90. The second-order valence-corrected chi connectivity index (χ2v) is 9.71. The van der Waals surface area contributed by atoms with Crippen molar-refractivity contribution in [3.05, 3.63) is 128 Å². The van der Waals surface area contributed by atoms with Gasteiger partial charge < -0.3 is 9.47 Å². The molecular formula is C29H24Br2N2O3. The molecule has 0 fully saturated rings. The van der Waals surface area contributed by atoms with Gasteiger partial charge in [0.1, 0.15) is 6.61 Å². The maximum Gasteiger partial charge on any atom is 0.252 e. The number of hydrazone groups is 1. The molecule has 0 heterocycles. The SMILES string of the molecule is COc1cc(/C=N/NC(=O)C(c2ccccc2)c2ccccc2)cc(Br)c1OCc1ccc(Br)cc1. The van der Waals surface area contributed by atoms with Crippen molar-refractivity contribution >= 4 is 44.0 Å². The third-order valence-corrected chi connectivity index (χ3v) is 6.58. The van der Waals surface area contributed by atoms with Crippen LogP contribution in [-0.4, -0.2) is 19.2 Å². The smallest absolute Gasteiger partial charge is 0.252 e. The lowest BCUT2D eigenvalue weighted by Crippen LogP contribution is -2.26. The molecule has 1 amide bonds. The van der Waals surface area contributed by atoms with Crippen molar-refractivity contribution in [2.24, 2.45) is 5.10 Å². The lowest BCUT2D eigenvalue weighted by Gasteiger charge is -2.16. The van der Waals surface area contributed by atoms with Crippen LogP contribution in [0.4, 0.5) is 0 Å². The number of carbonyl (C=O) groups excluding carboxylic acids is 1. The van der Waals surface area contributed by atoms with Gasteiger partial charge in [0.2, 0.25) is 0 Å². The molecule has 0 aliphatic carbocycles. The lowest BCUT2D eigenvalue weighted by atomic mass is 9.91. The van der Waals surface area contributed by atoms with E-state index >= 15 is 0 Å². The molecule has 182 valence electrons. The Balaban J connectivity index is 1.48. The van der Waals surface area contributed by atoms with Crippen molar-refractivity contribution in [2.75, 3.05) is 7.11 Å². The van der Waals surface area contributed by atoms with Gasteiger partial charge in [0, 0.05) is 4.47 Å². The first kappa shape index (κ1) is 25.7. The molecular weight excluding hydrogens is 584 g/mol. The Labute approximate surface area is 227 Å². The average molecular weight is 608 g/mol. The highest BCUT2D eigenvalue weighted by atomic mass is 79.9. The van der Waals surface area contributed by atoms with E-state index in [0.717, 1.165) is 31.2 Å². The zero-order chi connectivity index (χ0) is 25.3. The van der Waals surface area contributed by atoms with E-state index in [1.807, 2.05) is 97.1 Å². The van der Waals surface area contributed by atoms with Crippen molar-refractivity contribution in [3.8, 4) is 11.5 Å². The summed E-state index contributed by atoms with van der Waals surface area (Å²) in [5.41, 5.74) is 6.26. The predicted molar refractivity (Wildman–Crippen MR) is 150 cm³/mol. The van der Waals surface area contributed by atoms with Crippen LogP contribution in [-0.2, 0) is 11.4 Å². The molecule has 0 aliphatic heterocycles. The summed E-state index contributed by atoms with van der Waals surface area (Å²) in [5, 5.41) is 4.22. The Kier molecular flexibility index (Phi) is 8.92. The first-order valence-corrected chi connectivity index (χ1v) is 12.8. The van der Waals surface area contributed by atoms with Gasteiger partial charge in [-0.2, -0.15) is 5.10 Å². The molecule has 4 aromatic rings. The van der Waals surface area contributed by atoms with E-state index in [0.29, 0.717) is 18.1 Å². The molecule has 0 atom stereocenters. The van der Waals surface area contributed by atoms with Gasteiger partial charge in [0.15, 0.2) is 11.5 Å². The van der Waals surface area contributed by atoms with Crippen LogP contribution in [0.1, 0.15) is 28.2 Å². The van der Waals surface area contributed by atoms with E-state index in [1.165, 1.54) is 0 Å². The summed E-state index contributed by atoms with van der Waals surface area (Å²) in [6.45, 7) is 0.395. The number of carbonyl (C=O) groups is 1. The van der Waals surface area contributed by atoms with Gasteiger partial charge in [-0.1, -0.05) is 88.7 Å². The molecule has 0 aliphatic rings. The fourth-order valence-corrected chi connectivity index (χ4v) is 4.55. The molecule has 5 nitrogen and oxygen atoms in total. The highest BCUT2D eigenvalue weighted by Crippen LogP contribution is 2.37. The second kappa shape index (κ2) is 12.5. The predicted octanol–water partition coefficient (Wildman–Crippen LogP) is 7.08. The van der Waals surface area contributed by atoms with Gasteiger partial charge >= 0.3 is 0 Å². The van der Waals surface area contributed by atoms with Crippen LogP contribution in [0.3, 0.4) is 0 Å². The van der Waals surface area contributed by atoms with Gasteiger partial charge in [-0.15, -0.1) is 0 Å². The van der Waals surface area contributed by atoms with Crippen molar-refractivity contribution in [2.45, 2.75) is 12.5 Å². The van der Waals surface area contributed by atoms with E-state index in [9.17, 15) is 4.79 Å². The fourth-order valence-electron chi connectivity index (χ4n) is 3.71. The van der Waals surface area contributed by atoms with E-state index < -0.39 is 5.92 Å². The van der Waals surface area contributed by atoms with Crippen LogP contribution in [0, 0.1) is 0 Å². The first-order valence-electron chi connectivity index (χ1n) is 11.2. The summed E-state index contributed by atoms with van der Waals surface area (Å²) in [7, 11) is 1.58. The van der Waals surface area contributed by atoms with Crippen LogP contribution in [0.2, 0.25) is 0 Å². The third-order valence-electron chi connectivity index (χ3n) is 5.46. The number of ether oxygens (including phenoxy) is 2. The largest absolute Gasteiger partial charge is 0.493 e. The zero-order valence-corrected chi connectivity index (χ0v) is 22.7. The molecule has 7 heteroatoms. The van der Waals surface area contributed by atoms with Crippen LogP contribution >= 0.6 is 31.9 Å². The summed E-state index contributed by atoms with van der Waals surface area (Å²) in [6, 6.07) is 30.9. The van der Waals surface area contributed by atoms with Crippen LogP contribution in [0.25, 0.3) is 0 Å². The number of rotatable bonds is 9. The summed E-state index contributed by atoms with van der Waals surface area (Å²) in [6.07, 6.45) is 1.58. The van der Waals surface area contributed by atoms with Gasteiger partial charge in [-0.3, -0.25) is 4.79 Å². The van der Waals surface area contributed by atoms with E-state index in [4.69, 9.17) is 9.47 Å². The number of amides is 1. The number of nitrogens with zero attached hydrogens (tertiary/aromatic N) is 1. The van der Waals surface area contributed by atoms with Gasteiger partial charge in [-0.25, -0.2) is 5.43 Å². The number of hydrogen-bond acceptors (Lipinski definition) is 4. The molecule has 0 saturated carbocycles. The van der Waals surface area contributed by atoms with Crippen molar-refractivity contribution in [3.63, 3.8) is 0 Å². The zero-order valence-electron chi connectivity index (χ0n) is 19.5. The Morgan fingerprint density at radius 1 is 0.917 bits per heavy atom. The number of benzene rings is 4. The molecule has 0 spiro atoms. The molecule has 0 unspecified atom stereocenters. The summed E-state index contributed by atoms with van der Waals surface area (Å²) in [4.78, 5) is 13.1. The number of hydrogen-bond donors (Lipinski definition) is 1. The van der Waals surface area contributed by atoms with Crippen LogP contribution < -0.4 is 14.9 Å². The quantitative estimate of drug-likeness (QED) is 0.163. The lowest BCUT2D eigenvalue weighted by molar-refractivity contribution is -0.121. The fraction of sp³-hybridized carbons (Fsp3) is 0.103. The molecule has 4 aromatic carbocycles. The molecule has 0 bridgehead atoms. The maximum atomic E-state index is 13.1. The summed E-state index contributed by atoms with van der Waals surface area (Å²) < 4.78 is 13.3. The van der Waals surface area contributed by atoms with Crippen molar-refractivity contribution in [1.82, 2.24) is 5.43 Å². The number of halogens is 2. The number of nitrogens with one attached hydrogen (secondary N) is 1. The highest BCUT2D eigenvalue weighted by molar-refractivity contribution is 9.10. The molecule has 1 N–H and O–H groups in total. The Morgan fingerprint density at radius 2 is 1.53 bits per heavy atom. The van der Waals surface area contributed by atoms with Crippen molar-refractivity contribution in [1.29, 1.82) is 0 Å². The monoisotopic (exact) mass is 606 g/mol. The van der Waals surface area contributed by atoms with Gasteiger partial charge in [-0.05, 0) is 62.4 Å². The Morgan fingerprint density at radius 3 is 2.11 bits per heavy atom. The molecule has 0 saturated heterocycles. The Hall–Kier alpha value is -3.42. The van der Waals surface area contributed by atoms with Crippen LogP contribution in [0.15, 0.2) is 111 Å². The minimum Gasteiger partial charge on any atom is -0.493 e. The normalized spacial score (nSPS) is 11.0. The molecule has 4 rings (SSSR count). The standard InChI is InChI=1S/C29H24Br2N2O3/c1-35-26-17-21(16-25(31)28(26)36-19-20-12-14-24(30)15-13-20)18-32-33-29(34)27(22-8-4-2-5-9-22)23-10-6-3-7-11-23/h2-18,27H,19H2,1H3,(H,33,34)/b32-18+. The van der Waals surface area contributed by atoms with Crippen LogP contribution in [0.5, 0.6) is 11.5 Å². The van der Waals surface area contributed by atoms with Crippen molar-refractivity contribution < 1.29 is 14.3 Å². The van der Waals surface area contributed by atoms with E-state index in [2.05, 4.69) is 42.4 Å². The minimum atomic E-state index is -0.472. The summed E-state index contributed by atoms with van der Waals surface area (Å²) >= 11 is 7.01. The topological polar surface area (TPSA) is 59.9 Å². The first-order chi connectivity index (χ1) is 17.5. The molecule has 0 radical (unpaired) electrons. The highest BCUT2D eigenvalue weighted by Gasteiger charge is 2.22. The maximum absolute atomic E-state index is 13.1. The van der Waals surface area contributed by atoms with E-state index in [-0.39, 0.29) is 5.91 Å². The Bertz CT molecular complexity index is 1290. The molecule has 36 heavy (non-hydrogen) atoms.